The maximum absolute atomic E-state index is 11.9. The molecule has 25 heavy (non-hydrogen) atoms. The first-order chi connectivity index (χ1) is 12.2. The minimum atomic E-state index is -0.447. The Morgan fingerprint density at radius 1 is 1.24 bits per heavy atom. The van der Waals surface area contributed by atoms with Crippen LogP contribution in [0.25, 0.3) is 0 Å². The van der Waals surface area contributed by atoms with Crippen LogP contribution in [0.5, 0.6) is 0 Å². The molecule has 0 unspecified atom stereocenters. The van der Waals surface area contributed by atoms with Gasteiger partial charge in [0, 0.05) is 10.3 Å². The lowest BCUT2D eigenvalue weighted by atomic mass is 10.1. The zero-order valence-electron chi connectivity index (χ0n) is 13.9. The molecule has 2 aromatic rings. The highest BCUT2D eigenvalue weighted by Crippen LogP contribution is 2.27. The monoisotopic (exact) mass is 377 g/mol. The van der Waals surface area contributed by atoms with E-state index in [4.69, 9.17) is 9.47 Å². The van der Waals surface area contributed by atoms with Gasteiger partial charge in [0.15, 0.2) is 0 Å². The fraction of sp³-hybridized carbons (Fsp3) is 0.389. The Labute approximate surface area is 154 Å². The molecule has 0 N–H and O–H groups in total. The van der Waals surface area contributed by atoms with Gasteiger partial charge in [0.2, 0.25) is 5.01 Å². The Morgan fingerprint density at radius 2 is 2.08 bits per heavy atom. The first kappa shape index (κ1) is 17.9. The molecule has 3 rings (SSSR count). The van der Waals surface area contributed by atoms with Crippen LogP contribution in [0.15, 0.2) is 28.5 Å². The Hall–Kier alpha value is -1.86. The summed E-state index contributed by atoms with van der Waals surface area (Å²) < 4.78 is 10.1. The van der Waals surface area contributed by atoms with Crippen molar-refractivity contribution in [2.75, 3.05) is 12.4 Å². The van der Waals surface area contributed by atoms with Crippen molar-refractivity contribution in [3.63, 3.8) is 0 Å². The highest BCUT2D eigenvalue weighted by molar-refractivity contribution is 8.00. The normalized spacial score (nSPS) is 12.7. The number of thiazole rings is 1. The number of hydrogen-bond donors (Lipinski definition) is 0. The summed E-state index contributed by atoms with van der Waals surface area (Å²) in [7, 11) is 0. The van der Waals surface area contributed by atoms with Crippen LogP contribution in [0, 0.1) is 0 Å². The van der Waals surface area contributed by atoms with Crippen LogP contribution in [-0.4, -0.2) is 29.3 Å². The summed E-state index contributed by atoms with van der Waals surface area (Å²) in [5, 5.41) is 1.98. The molecule has 0 aliphatic heterocycles. The van der Waals surface area contributed by atoms with Gasteiger partial charge < -0.3 is 9.47 Å². The van der Waals surface area contributed by atoms with Crippen molar-refractivity contribution in [2.45, 2.75) is 37.7 Å². The van der Waals surface area contributed by atoms with Crippen LogP contribution in [0.2, 0.25) is 0 Å². The SMILES string of the molecule is CCOC(=O)c1nc(COC(=O)CSc2ccc3c(c2)CCC3)cs1. The topological polar surface area (TPSA) is 65.5 Å². The molecular formula is C18H19NO4S2. The summed E-state index contributed by atoms with van der Waals surface area (Å²) in [6.07, 6.45) is 3.50. The van der Waals surface area contributed by atoms with E-state index in [-0.39, 0.29) is 23.3 Å². The first-order valence-electron chi connectivity index (χ1n) is 8.17. The van der Waals surface area contributed by atoms with Gasteiger partial charge in [-0.05, 0) is 49.4 Å². The predicted molar refractivity (Wildman–Crippen MR) is 97.1 cm³/mol. The van der Waals surface area contributed by atoms with E-state index >= 15 is 0 Å². The molecule has 0 atom stereocenters. The molecule has 0 saturated carbocycles. The summed E-state index contributed by atoms with van der Waals surface area (Å²) in [5.41, 5.74) is 3.38. The van der Waals surface area contributed by atoms with Crippen LogP contribution in [0.1, 0.15) is 40.0 Å². The number of hydrogen-bond acceptors (Lipinski definition) is 7. The van der Waals surface area contributed by atoms with Crippen molar-refractivity contribution in [3.05, 3.63) is 45.4 Å². The maximum atomic E-state index is 11.9. The van der Waals surface area contributed by atoms with E-state index in [0.717, 1.165) is 17.7 Å². The highest BCUT2D eigenvalue weighted by Gasteiger charge is 2.14. The Morgan fingerprint density at radius 3 is 2.92 bits per heavy atom. The molecule has 0 amide bonds. The lowest BCUT2D eigenvalue weighted by molar-refractivity contribution is -0.141. The van der Waals surface area contributed by atoms with Gasteiger partial charge >= 0.3 is 11.9 Å². The fourth-order valence-electron chi connectivity index (χ4n) is 2.64. The second-order valence-electron chi connectivity index (χ2n) is 5.60. The molecule has 0 radical (unpaired) electrons. The van der Waals surface area contributed by atoms with Crippen LogP contribution in [0.4, 0.5) is 0 Å². The number of benzene rings is 1. The Balaban J connectivity index is 1.44. The molecule has 1 aromatic heterocycles. The summed E-state index contributed by atoms with van der Waals surface area (Å²) in [4.78, 5) is 28.7. The van der Waals surface area contributed by atoms with E-state index in [1.807, 2.05) is 0 Å². The highest BCUT2D eigenvalue weighted by atomic mass is 32.2. The molecule has 7 heteroatoms. The molecule has 5 nitrogen and oxygen atoms in total. The molecule has 0 spiro atoms. The van der Waals surface area contributed by atoms with Crippen LogP contribution < -0.4 is 0 Å². The lowest BCUT2D eigenvalue weighted by Crippen LogP contribution is -2.08. The molecule has 0 fully saturated rings. The van der Waals surface area contributed by atoms with E-state index in [1.54, 1.807) is 12.3 Å². The van der Waals surface area contributed by atoms with Gasteiger partial charge in [-0.2, -0.15) is 0 Å². The van der Waals surface area contributed by atoms with E-state index in [9.17, 15) is 9.59 Å². The van der Waals surface area contributed by atoms with Crippen molar-refractivity contribution in [3.8, 4) is 0 Å². The second kappa shape index (κ2) is 8.49. The van der Waals surface area contributed by atoms with Gasteiger partial charge in [-0.3, -0.25) is 4.79 Å². The maximum Gasteiger partial charge on any atom is 0.367 e. The Kier molecular flexibility index (Phi) is 6.09. The van der Waals surface area contributed by atoms with Crippen molar-refractivity contribution in [1.29, 1.82) is 0 Å². The number of carbonyl (C=O) groups excluding carboxylic acids is 2. The average molecular weight is 377 g/mol. The van der Waals surface area contributed by atoms with Gasteiger partial charge in [-0.1, -0.05) is 6.07 Å². The largest absolute Gasteiger partial charge is 0.461 e. The second-order valence-corrected chi connectivity index (χ2v) is 7.50. The standard InChI is InChI=1S/C18H19NO4S2/c1-2-22-18(21)17-19-14(10-25-17)9-23-16(20)11-24-15-7-6-12-4-3-5-13(12)8-15/h6-8,10H,2-5,9,11H2,1H3. The summed E-state index contributed by atoms with van der Waals surface area (Å²) in [6.45, 7) is 2.12. The van der Waals surface area contributed by atoms with E-state index in [2.05, 4.69) is 23.2 Å². The van der Waals surface area contributed by atoms with Crippen LogP contribution in [-0.2, 0) is 33.7 Å². The molecule has 1 aliphatic rings. The Bertz CT molecular complexity index is 772. The zero-order chi connectivity index (χ0) is 17.6. The lowest BCUT2D eigenvalue weighted by Gasteiger charge is -2.05. The number of aromatic nitrogens is 1. The molecular weight excluding hydrogens is 358 g/mol. The minimum absolute atomic E-state index is 0.0689. The zero-order valence-corrected chi connectivity index (χ0v) is 15.6. The average Bonchev–Trinajstić information content (AvgIpc) is 3.27. The van der Waals surface area contributed by atoms with E-state index < -0.39 is 5.97 Å². The number of esters is 2. The predicted octanol–water partition coefficient (Wildman–Crippen LogP) is 3.64. The van der Waals surface area contributed by atoms with Gasteiger partial charge in [-0.15, -0.1) is 23.1 Å². The number of ether oxygens (including phenoxy) is 2. The van der Waals surface area contributed by atoms with E-state index in [0.29, 0.717) is 12.3 Å². The summed E-state index contributed by atoms with van der Waals surface area (Å²) in [6, 6.07) is 6.39. The van der Waals surface area contributed by atoms with Crippen molar-refractivity contribution >= 4 is 35.0 Å². The third kappa shape index (κ3) is 4.83. The minimum Gasteiger partial charge on any atom is -0.461 e. The number of nitrogens with zero attached hydrogens (tertiary/aromatic N) is 1. The molecule has 0 bridgehead atoms. The van der Waals surface area contributed by atoms with Gasteiger partial charge in [0.1, 0.15) is 6.61 Å². The van der Waals surface area contributed by atoms with Crippen LogP contribution >= 0.6 is 23.1 Å². The van der Waals surface area contributed by atoms with Gasteiger partial charge in [0.05, 0.1) is 18.1 Å². The number of thioether (sulfide) groups is 1. The van der Waals surface area contributed by atoms with Crippen molar-refractivity contribution < 1.29 is 19.1 Å². The van der Waals surface area contributed by atoms with Crippen LogP contribution in [0.3, 0.4) is 0 Å². The smallest absolute Gasteiger partial charge is 0.367 e. The van der Waals surface area contributed by atoms with Crippen molar-refractivity contribution in [1.82, 2.24) is 4.98 Å². The summed E-state index contributed by atoms with van der Waals surface area (Å²) >= 11 is 2.67. The molecule has 1 aliphatic carbocycles. The molecule has 0 saturated heterocycles. The molecule has 1 heterocycles. The van der Waals surface area contributed by atoms with Crippen molar-refractivity contribution in [2.24, 2.45) is 0 Å². The quantitative estimate of drug-likeness (QED) is 0.542. The van der Waals surface area contributed by atoms with E-state index in [1.165, 1.54) is 40.6 Å². The third-order valence-corrected chi connectivity index (χ3v) is 5.65. The fourth-order valence-corrected chi connectivity index (χ4v) is 4.09. The number of aryl methyl sites for hydroxylation is 2. The van der Waals surface area contributed by atoms with Gasteiger partial charge in [-0.25, -0.2) is 9.78 Å². The number of fused-ring (bicyclic) bond motifs is 1. The number of rotatable bonds is 7. The summed E-state index contributed by atoms with van der Waals surface area (Å²) in [5.74, 6) is -0.485. The molecule has 1 aromatic carbocycles. The number of carbonyl (C=O) groups is 2. The van der Waals surface area contributed by atoms with Gasteiger partial charge in [0.25, 0.3) is 0 Å². The third-order valence-electron chi connectivity index (χ3n) is 3.81. The molecule has 132 valence electrons. The first-order valence-corrected chi connectivity index (χ1v) is 10.0.